The van der Waals surface area contributed by atoms with E-state index in [4.69, 9.17) is 9.84 Å². The minimum absolute atomic E-state index is 0.122. The summed E-state index contributed by atoms with van der Waals surface area (Å²) in [5.74, 6) is 6.30. The lowest BCUT2D eigenvalue weighted by Gasteiger charge is -2.07. The molecule has 0 aliphatic carbocycles. The van der Waals surface area contributed by atoms with E-state index < -0.39 is 0 Å². The number of benzene rings is 1. The summed E-state index contributed by atoms with van der Waals surface area (Å²) in [6.07, 6.45) is 1.77. The second-order valence-electron chi connectivity index (χ2n) is 4.38. The van der Waals surface area contributed by atoms with Gasteiger partial charge < -0.3 is 9.84 Å². The quantitative estimate of drug-likeness (QED) is 0.754. The molecule has 0 bridgehead atoms. The summed E-state index contributed by atoms with van der Waals surface area (Å²) in [6, 6.07) is 11.8. The van der Waals surface area contributed by atoms with Crippen molar-refractivity contribution in [1.29, 1.82) is 0 Å². The molecule has 3 aromatic rings. The average Bonchev–Trinajstić information content (AvgIpc) is 2.99. The van der Waals surface area contributed by atoms with Crippen LogP contribution in [0.1, 0.15) is 10.4 Å². The van der Waals surface area contributed by atoms with Gasteiger partial charge in [0, 0.05) is 27.4 Å². The second-order valence-corrected chi connectivity index (χ2v) is 5.38. The minimum atomic E-state index is -0.122. The molecule has 0 fully saturated rings. The highest BCUT2D eigenvalue weighted by molar-refractivity contribution is 7.10. The van der Waals surface area contributed by atoms with E-state index in [1.54, 1.807) is 17.5 Å². The van der Waals surface area contributed by atoms with E-state index in [2.05, 4.69) is 16.8 Å². The summed E-state index contributed by atoms with van der Waals surface area (Å²) >= 11 is 1.60. The largest absolute Gasteiger partial charge is 0.486 e. The number of aromatic nitrogens is 1. The zero-order chi connectivity index (χ0) is 14.5. The fourth-order valence-electron chi connectivity index (χ4n) is 2.01. The van der Waals surface area contributed by atoms with Crippen molar-refractivity contribution in [3.63, 3.8) is 0 Å². The minimum Gasteiger partial charge on any atom is -0.486 e. The lowest BCUT2D eigenvalue weighted by atomic mass is 10.2. The van der Waals surface area contributed by atoms with Gasteiger partial charge >= 0.3 is 0 Å². The van der Waals surface area contributed by atoms with Gasteiger partial charge in [0.15, 0.2) is 0 Å². The normalized spacial score (nSPS) is 10.1. The molecule has 1 aromatic carbocycles. The number of hydrogen-bond donors (Lipinski definition) is 1. The van der Waals surface area contributed by atoms with Crippen molar-refractivity contribution in [2.45, 2.75) is 6.61 Å². The molecule has 2 aromatic heterocycles. The molecule has 0 amide bonds. The Morgan fingerprint density at radius 2 is 2.14 bits per heavy atom. The number of fused-ring (bicyclic) bond motifs is 1. The molecule has 3 nitrogen and oxygen atoms in total. The van der Waals surface area contributed by atoms with E-state index in [1.165, 1.54) is 0 Å². The van der Waals surface area contributed by atoms with Crippen molar-refractivity contribution in [2.24, 2.45) is 0 Å². The van der Waals surface area contributed by atoms with Gasteiger partial charge in [-0.05, 0) is 18.2 Å². The number of thiophene rings is 1. The SMILES string of the molecule is OCC#Cc1csc(COc2cccc3cccnc23)c1. The van der Waals surface area contributed by atoms with Crippen molar-refractivity contribution in [1.82, 2.24) is 4.98 Å². The Hall–Kier alpha value is -2.35. The third-order valence-corrected chi connectivity index (χ3v) is 3.84. The van der Waals surface area contributed by atoms with Crippen LogP contribution in [-0.2, 0) is 6.61 Å². The Kier molecular flexibility index (Phi) is 4.15. The van der Waals surface area contributed by atoms with Gasteiger partial charge in [0.05, 0.1) is 0 Å². The Morgan fingerprint density at radius 1 is 1.24 bits per heavy atom. The standard InChI is InChI=1S/C17H13NO2S/c19-9-3-4-13-10-15(21-12-13)11-20-16-7-1-5-14-6-2-8-18-17(14)16/h1-2,5-8,10,12,19H,9,11H2. The van der Waals surface area contributed by atoms with E-state index >= 15 is 0 Å². The monoisotopic (exact) mass is 295 g/mol. The lowest BCUT2D eigenvalue weighted by molar-refractivity contribution is 0.313. The maximum Gasteiger partial charge on any atom is 0.146 e. The predicted molar refractivity (Wildman–Crippen MR) is 84.4 cm³/mol. The molecule has 0 atom stereocenters. The van der Waals surface area contributed by atoms with Crippen molar-refractivity contribution in [3.05, 3.63) is 58.4 Å². The van der Waals surface area contributed by atoms with Gasteiger partial charge in [0.1, 0.15) is 24.5 Å². The first-order chi connectivity index (χ1) is 10.4. The molecule has 0 saturated heterocycles. The second kappa shape index (κ2) is 6.40. The first-order valence-corrected chi connectivity index (χ1v) is 7.38. The van der Waals surface area contributed by atoms with E-state index in [0.717, 1.165) is 27.1 Å². The fourth-order valence-corrected chi connectivity index (χ4v) is 2.73. The number of pyridine rings is 1. The molecule has 0 aliphatic rings. The van der Waals surface area contributed by atoms with Crippen LogP contribution in [0.2, 0.25) is 0 Å². The third-order valence-electron chi connectivity index (χ3n) is 2.93. The molecular weight excluding hydrogens is 282 g/mol. The van der Waals surface area contributed by atoms with E-state index in [1.807, 2.05) is 41.8 Å². The molecule has 0 saturated carbocycles. The number of hydrogen-bond acceptors (Lipinski definition) is 4. The van der Waals surface area contributed by atoms with Crippen molar-refractivity contribution in [2.75, 3.05) is 6.61 Å². The number of rotatable bonds is 3. The van der Waals surface area contributed by atoms with Crippen LogP contribution < -0.4 is 4.74 Å². The molecule has 0 aliphatic heterocycles. The summed E-state index contributed by atoms with van der Waals surface area (Å²) < 4.78 is 5.87. The summed E-state index contributed by atoms with van der Waals surface area (Å²) in [4.78, 5) is 5.46. The number of aliphatic hydroxyl groups excluding tert-OH is 1. The number of para-hydroxylation sites is 1. The van der Waals surface area contributed by atoms with Gasteiger partial charge in [-0.25, -0.2) is 0 Å². The highest BCUT2D eigenvalue weighted by Crippen LogP contribution is 2.24. The Morgan fingerprint density at radius 3 is 3.05 bits per heavy atom. The van der Waals surface area contributed by atoms with Crippen LogP contribution in [0.15, 0.2) is 48.0 Å². The smallest absolute Gasteiger partial charge is 0.146 e. The van der Waals surface area contributed by atoms with Crippen LogP contribution in [0, 0.1) is 11.8 Å². The van der Waals surface area contributed by atoms with Crippen LogP contribution >= 0.6 is 11.3 Å². The predicted octanol–water partition coefficient (Wildman–Crippen LogP) is 3.22. The van der Waals surface area contributed by atoms with Gasteiger partial charge in [-0.15, -0.1) is 11.3 Å². The Labute approximate surface area is 126 Å². The van der Waals surface area contributed by atoms with E-state index in [9.17, 15) is 0 Å². The summed E-state index contributed by atoms with van der Waals surface area (Å²) in [5.41, 5.74) is 1.78. The first-order valence-electron chi connectivity index (χ1n) is 6.50. The molecule has 4 heteroatoms. The number of ether oxygens (including phenoxy) is 1. The Balaban J connectivity index is 1.76. The van der Waals surface area contributed by atoms with Crippen molar-refractivity contribution >= 4 is 22.2 Å². The summed E-state index contributed by atoms with van der Waals surface area (Å²) in [7, 11) is 0. The van der Waals surface area contributed by atoms with Gasteiger partial charge in [-0.3, -0.25) is 4.98 Å². The molecule has 0 spiro atoms. The highest BCUT2D eigenvalue weighted by atomic mass is 32.1. The summed E-state index contributed by atoms with van der Waals surface area (Å²) in [5, 5.41) is 11.7. The maximum absolute atomic E-state index is 8.69. The van der Waals surface area contributed by atoms with Gasteiger partial charge in [0.2, 0.25) is 0 Å². The Bertz CT molecular complexity index is 809. The maximum atomic E-state index is 8.69. The average molecular weight is 295 g/mol. The highest BCUT2D eigenvalue weighted by Gasteiger charge is 2.04. The first kappa shape index (κ1) is 13.6. The third kappa shape index (κ3) is 3.22. The van der Waals surface area contributed by atoms with Gasteiger partial charge in [0.25, 0.3) is 0 Å². The summed E-state index contributed by atoms with van der Waals surface area (Å²) in [6.45, 7) is 0.366. The molecule has 2 heterocycles. The molecule has 1 N–H and O–H groups in total. The van der Waals surface area contributed by atoms with Crippen LogP contribution in [0.5, 0.6) is 5.75 Å². The van der Waals surface area contributed by atoms with Crippen LogP contribution in [0.3, 0.4) is 0 Å². The lowest BCUT2D eigenvalue weighted by Crippen LogP contribution is -1.94. The van der Waals surface area contributed by atoms with Gasteiger partial charge in [-0.1, -0.05) is 30.0 Å². The van der Waals surface area contributed by atoms with Gasteiger partial charge in [-0.2, -0.15) is 0 Å². The van der Waals surface area contributed by atoms with Crippen LogP contribution in [-0.4, -0.2) is 16.7 Å². The molecule has 104 valence electrons. The molecule has 0 radical (unpaired) electrons. The fraction of sp³-hybridized carbons (Fsp3) is 0.118. The zero-order valence-corrected chi connectivity index (χ0v) is 12.1. The van der Waals surface area contributed by atoms with Crippen LogP contribution in [0.4, 0.5) is 0 Å². The molecular formula is C17H13NO2S. The van der Waals surface area contributed by atoms with Crippen molar-refractivity contribution < 1.29 is 9.84 Å². The van der Waals surface area contributed by atoms with E-state index in [-0.39, 0.29) is 6.61 Å². The number of aliphatic hydroxyl groups is 1. The number of nitrogens with zero attached hydrogens (tertiary/aromatic N) is 1. The van der Waals surface area contributed by atoms with Crippen molar-refractivity contribution in [3.8, 4) is 17.6 Å². The van der Waals surface area contributed by atoms with Crippen LogP contribution in [0.25, 0.3) is 10.9 Å². The molecule has 3 rings (SSSR count). The zero-order valence-electron chi connectivity index (χ0n) is 11.2. The molecule has 21 heavy (non-hydrogen) atoms. The van der Waals surface area contributed by atoms with E-state index in [0.29, 0.717) is 6.61 Å². The molecule has 0 unspecified atom stereocenters. The topological polar surface area (TPSA) is 42.4 Å².